The van der Waals surface area contributed by atoms with Gasteiger partial charge < -0.3 is 4.90 Å². The summed E-state index contributed by atoms with van der Waals surface area (Å²) in [6.45, 7) is 8.67. The molecule has 0 spiro atoms. The molecule has 0 aromatic rings. The number of rotatable bonds is 3. The predicted molar refractivity (Wildman–Crippen MR) is 40.1 cm³/mol. The van der Waals surface area contributed by atoms with Gasteiger partial charge in [0.05, 0.1) is 0 Å². The van der Waals surface area contributed by atoms with E-state index < -0.39 is 0 Å². The zero-order chi connectivity index (χ0) is 5.98. The van der Waals surface area contributed by atoms with Crippen LogP contribution in [-0.4, -0.2) is 36.9 Å². The molecule has 0 radical (unpaired) electrons. The molecule has 0 aromatic carbocycles. The number of hydrogen-bond acceptors (Lipinski definition) is 1. The Labute approximate surface area is 53.2 Å². The highest BCUT2D eigenvalue weighted by Gasteiger charge is 2.18. The van der Waals surface area contributed by atoms with Crippen LogP contribution in [0.1, 0.15) is 6.92 Å². The summed E-state index contributed by atoms with van der Waals surface area (Å²) in [6, 6.07) is 0. The van der Waals surface area contributed by atoms with Crippen molar-refractivity contribution in [3.8, 4) is 0 Å². The van der Waals surface area contributed by atoms with Crippen molar-refractivity contribution in [3.63, 3.8) is 0 Å². The summed E-state index contributed by atoms with van der Waals surface area (Å²) in [5.74, 6) is 0. The first kappa shape index (κ1) is 6.51. The first-order chi connectivity index (χ1) is 3.83. The van der Waals surface area contributed by atoms with Gasteiger partial charge in [0.15, 0.2) is 0 Å². The molecule has 0 N–H and O–H groups in total. The lowest BCUT2D eigenvalue weighted by molar-refractivity contribution is 0.558. The highest BCUT2D eigenvalue weighted by Crippen LogP contribution is 2.16. The van der Waals surface area contributed by atoms with Gasteiger partial charge in [0.1, 0.15) is 0 Å². The first-order valence-corrected chi connectivity index (χ1v) is 4.80. The number of nitrogens with zero attached hydrogens (tertiary/aromatic N) is 1. The van der Waals surface area contributed by atoms with Crippen LogP contribution >= 0.6 is 8.58 Å². The molecule has 8 heavy (non-hydrogen) atoms. The van der Waals surface area contributed by atoms with Crippen LogP contribution in [0.15, 0.2) is 0 Å². The molecule has 1 heterocycles. The van der Waals surface area contributed by atoms with E-state index in [0.29, 0.717) is 0 Å². The Morgan fingerprint density at radius 2 is 2.25 bits per heavy atom. The Kier molecular flexibility index (Phi) is 2.27. The first-order valence-electron chi connectivity index (χ1n) is 3.22. The second kappa shape index (κ2) is 2.80. The lowest BCUT2D eigenvalue weighted by Crippen LogP contribution is -2.09. The molecule has 48 valence electrons. The van der Waals surface area contributed by atoms with Gasteiger partial charge in [-0.1, -0.05) is 6.92 Å². The van der Waals surface area contributed by atoms with Gasteiger partial charge in [-0.3, -0.25) is 0 Å². The SMILES string of the molecule is CPC(C)CN1CC1. The van der Waals surface area contributed by atoms with Crippen molar-refractivity contribution in [2.75, 3.05) is 26.3 Å². The Morgan fingerprint density at radius 3 is 2.62 bits per heavy atom. The third-order valence-electron chi connectivity index (χ3n) is 1.56. The van der Waals surface area contributed by atoms with Crippen LogP contribution in [0.4, 0.5) is 0 Å². The monoisotopic (exact) mass is 131 g/mol. The molecule has 0 bridgehead atoms. The highest BCUT2D eigenvalue weighted by molar-refractivity contribution is 7.37. The third-order valence-corrected chi connectivity index (χ3v) is 2.73. The van der Waals surface area contributed by atoms with Gasteiger partial charge in [0.25, 0.3) is 0 Å². The van der Waals surface area contributed by atoms with Crippen molar-refractivity contribution in [1.82, 2.24) is 4.90 Å². The molecule has 1 aliphatic heterocycles. The summed E-state index contributed by atoms with van der Waals surface area (Å²) in [5, 5.41) is 0. The fraction of sp³-hybridized carbons (Fsp3) is 1.00. The van der Waals surface area contributed by atoms with Crippen LogP contribution in [0.5, 0.6) is 0 Å². The van der Waals surface area contributed by atoms with E-state index in [1.165, 1.54) is 19.6 Å². The molecular weight excluding hydrogens is 117 g/mol. The molecule has 2 atom stereocenters. The Balaban J connectivity index is 1.98. The van der Waals surface area contributed by atoms with Gasteiger partial charge in [0.2, 0.25) is 0 Å². The van der Waals surface area contributed by atoms with E-state index in [2.05, 4.69) is 18.5 Å². The normalized spacial score (nSPS) is 24.8. The molecule has 1 nitrogen and oxygen atoms in total. The van der Waals surface area contributed by atoms with Crippen molar-refractivity contribution in [2.24, 2.45) is 0 Å². The van der Waals surface area contributed by atoms with Crippen molar-refractivity contribution in [3.05, 3.63) is 0 Å². The Morgan fingerprint density at radius 1 is 1.62 bits per heavy atom. The zero-order valence-electron chi connectivity index (χ0n) is 5.65. The smallest absolute Gasteiger partial charge is 0.0110 e. The molecule has 0 amide bonds. The topological polar surface area (TPSA) is 3.01 Å². The highest BCUT2D eigenvalue weighted by atomic mass is 31.1. The molecule has 0 aliphatic carbocycles. The van der Waals surface area contributed by atoms with E-state index in [4.69, 9.17) is 0 Å². The van der Waals surface area contributed by atoms with Gasteiger partial charge in [-0.2, -0.15) is 0 Å². The minimum Gasteiger partial charge on any atom is -0.300 e. The summed E-state index contributed by atoms with van der Waals surface area (Å²) in [4.78, 5) is 2.49. The van der Waals surface area contributed by atoms with E-state index >= 15 is 0 Å². The number of hydrogen-bond donors (Lipinski definition) is 0. The Hall–Kier alpha value is 0.390. The fourth-order valence-corrected chi connectivity index (χ4v) is 1.17. The maximum Gasteiger partial charge on any atom is 0.0110 e. The summed E-state index contributed by atoms with van der Waals surface area (Å²) in [5.41, 5.74) is 0.942. The predicted octanol–water partition coefficient (Wildman–Crippen LogP) is 0.999. The summed E-state index contributed by atoms with van der Waals surface area (Å²) in [6.07, 6.45) is 0. The van der Waals surface area contributed by atoms with Crippen LogP contribution in [0.2, 0.25) is 0 Å². The van der Waals surface area contributed by atoms with Crippen molar-refractivity contribution < 1.29 is 0 Å². The molecule has 0 saturated carbocycles. The van der Waals surface area contributed by atoms with Crippen molar-refractivity contribution in [2.45, 2.75) is 12.6 Å². The standard InChI is InChI=1S/C6H14NP/c1-6(8-2)5-7-3-4-7/h6,8H,3-5H2,1-2H3. The molecule has 1 rings (SSSR count). The summed E-state index contributed by atoms with van der Waals surface area (Å²) in [7, 11) is 1.12. The third kappa shape index (κ3) is 2.11. The zero-order valence-corrected chi connectivity index (χ0v) is 6.65. The van der Waals surface area contributed by atoms with Crippen LogP contribution in [0, 0.1) is 0 Å². The van der Waals surface area contributed by atoms with Crippen LogP contribution in [0.25, 0.3) is 0 Å². The molecule has 2 heteroatoms. The van der Waals surface area contributed by atoms with E-state index in [9.17, 15) is 0 Å². The average molecular weight is 131 g/mol. The molecular formula is C6H14NP. The van der Waals surface area contributed by atoms with E-state index in [0.717, 1.165) is 14.2 Å². The van der Waals surface area contributed by atoms with Gasteiger partial charge >= 0.3 is 0 Å². The molecule has 2 unspecified atom stereocenters. The van der Waals surface area contributed by atoms with Gasteiger partial charge in [-0.25, -0.2) is 0 Å². The fourth-order valence-electron chi connectivity index (χ4n) is 0.732. The van der Waals surface area contributed by atoms with Crippen LogP contribution < -0.4 is 0 Å². The van der Waals surface area contributed by atoms with Crippen LogP contribution in [0.3, 0.4) is 0 Å². The average Bonchev–Trinajstić information content (AvgIpc) is 2.50. The van der Waals surface area contributed by atoms with Gasteiger partial charge in [-0.15, -0.1) is 8.58 Å². The van der Waals surface area contributed by atoms with Crippen molar-refractivity contribution in [1.29, 1.82) is 0 Å². The quantitative estimate of drug-likeness (QED) is 0.408. The van der Waals surface area contributed by atoms with Crippen LogP contribution in [-0.2, 0) is 0 Å². The van der Waals surface area contributed by atoms with E-state index in [1.54, 1.807) is 0 Å². The second-order valence-electron chi connectivity index (χ2n) is 2.49. The summed E-state index contributed by atoms with van der Waals surface area (Å²) < 4.78 is 0. The van der Waals surface area contributed by atoms with E-state index in [1.807, 2.05) is 0 Å². The molecule has 1 saturated heterocycles. The Bertz CT molecular complexity index is 70.9. The largest absolute Gasteiger partial charge is 0.300 e. The minimum absolute atomic E-state index is 0.942. The van der Waals surface area contributed by atoms with Crippen molar-refractivity contribution >= 4 is 8.58 Å². The molecule has 0 aromatic heterocycles. The summed E-state index contributed by atoms with van der Waals surface area (Å²) >= 11 is 0. The van der Waals surface area contributed by atoms with Gasteiger partial charge in [0, 0.05) is 19.6 Å². The lowest BCUT2D eigenvalue weighted by atomic mass is 10.5. The minimum atomic E-state index is 0.942. The molecule has 1 aliphatic rings. The van der Waals surface area contributed by atoms with Gasteiger partial charge in [-0.05, 0) is 12.3 Å². The maximum absolute atomic E-state index is 2.49. The maximum atomic E-state index is 2.49. The second-order valence-corrected chi connectivity index (χ2v) is 4.05. The van der Waals surface area contributed by atoms with E-state index in [-0.39, 0.29) is 0 Å². The lowest BCUT2D eigenvalue weighted by Gasteiger charge is -2.06. The molecule has 1 fully saturated rings.